The number of nitrogens with zero attached hydrogens (tertiary/aromatic N) is 1. The number of benzene rings is 3. The third-order valence-electron chi connectivity index (χ3n) is 5.68. The summed E-state index contributed by atoms with van der Waals surface area (Å²) in [6.45, 7) is -0.287. The summed E-state index contributed by atoms with van der Waals surface area (Å²) in [6.07, 6.45) is -4.52. The number of rotatable bonds is 7. The van der Waals surface area contributed by atoms with Crippen LogP contribution in [0.25, 0.3) is 22.2 Å². The zero-order valence-corrected chi connectivity index (χ0v) is 19.8. The average molecular weight is 496 g/mol. The van der Waals surface area contributed by atoms with Crippen LogP contribution < -0.4 is 19.5 Å². The molecule has 4 aromatic rings. The van der Waals surface area contributed by atoms with Gasteiger partial charge in [-0.3, -0.25) is 4.79 Å². The first-order valence-corrected chi connectivity index (χ1v) is 10.9. The number of alkyl halides is 3. The number of ether oxygens (including phenoxy) is 3. The first-order valence-electron chi connectivity index (χ1n) is 10.9. The van der Waals surface area contributed by atoms with E-state index in [1.54, 1.807) is 42.5 Å². The van der Waals surface area contributed by atoms with E-state index in [9.17, 15) is 18.0 Å². The molecule has 36 heavy (non-hydrogen) atoms. The lowest BCUT2D eigenvalue weighted by atomic mass is 10.0. The average Bonchev–Trinajstić information content (AvgIpc) is 2.89. The summed E-state index contributed by atoms with van der Waals surface area (Å²) in [6, 6.07) is 17.2. The van der Waals surface area contributed by atoms with E-state index < -0.39 is 17.6 Å². The molecule has 3 aromatic carbocycles. The number of carbonyl (C=O) groups is 1. The van der Waals surface area contributed by atoms with Gasteiger partial charge in [0.25, 0.3) is 5.91 Å². The number of carbonyl (C=O) groups excluding carboxylic acids is 1. The monoisotopic (exact) mass is 496 g/mol. The minimum atomic E-state index is -4.52. The Balaban J connectivity index is 1.75. The highest BCUT2D eigenvalue weighted by Crippen LogP contribution is 2.41. The molecule has 0 spiro atoms. The van der Waals surface area contributed by atoms with Crippen molar-refractivity contribution < 1.29 is 32.2 Å². The number of nitrogens with one attached hydrogen (secondary N) is 1. The van der Waals surface area contributed by atoms with Crippen molar-refractivity contribution >= 4 is 16.8 Å². The van der Waals surface area contributed by atoms with Gasteiger partial charge in [0.15, 0.2) is 11.5 Å². The summed E-state index contributed by atoms with van der Waals surface area (Å²) >= 11 is 0. The zero-order valence-electron chi connectivity index (χ0n) is 19.8. The van der Waals surface area contributed by atoms with E-state index in [2.05, 4.69) is 10.3 Å². The first kappa shape index (κ1) is 24.8. The number of aromatic nitrogens is 1. The van der Waals surface area contributed by atoms with Gasteiger partial charge in [-0.2, -0.15) is 13.2 Å². The largest absolute Gasteiger partial charge is 0.493 e. The fraction of sp³-hybridized carbons (Fsp3) is 0.185. The molecule has 9 heteroatoms. The second-order valence-electron chi connectivity index (χ2n) is 7.82. The number of amides is 1. The Kier molecular flexibility index (Phi) is 7.00. The van der Waals surface area contributed by atoms with Crippen LogP contribution in [-0.2, 0) is 12.7 Å². The smallest absolute Gasteiger partial charge is 0.416 e. The number of pyridine rings is 1. The maximum absolute atomic E-state index is 13.4. The fourth-order valence-corrected chi connectivity index (χ4v) is 3.96. The number of hydrogen-bond acceptors (Lipinski definition) is 5. The molecule has 1 N–H and O–H groups in total. The number of fused-ring (bicyclic) bond motifs is 1. The summed E-state index contributed by atoms with van der Waals surface area (Å²) in [5.41, 5.74) is 1.06. The third kappa shape index (κ3) is 4.91. The Hall–Kier alpha value is -4.27. The van der Waals surface area contributed by atoms with Gasteiger partial charge < -0.3 is 19.5 Å². The van der Waals surface area contributed by atoms with Crippen molar-refractivity contribution in [3.8, 4) is 28.5 Å². The molecule has 1 heterocycles. The molecule has 0 atom stereocenters. The molecule has 0 unspecified atom stereocenters. The zero-order chi connectivity index (χ0) is 25.9. The summed E-state index contributed by atoms with van der Waals surface area (Å²) in [5, 5.41) is 3.19. The molecule has 0 aliphatic heterocycles. The standard InChI is InChI=1S/C27H23F3N2O4/c1-34-23-12-17(13-24(35-2)25(23)36-3)22-14-19(18-9-5-7-11-21(18)32-22)26(33)31-15-16-8-4-6-10-20(16)27(28,29)30/h4-14H,15H2,1-3H3,(H,31,33). The molecular formula is C27H23F3N2O4. The molecule has 0 radical (unpaired) electrons. The Bertz CT molecular complexity index is 1400. The number of methoxy groups -OCH3 is 3. The molecule has 0 aliphatic carbocycles. The van der Waals surface area contributed by atoms with Gasteiger partial charge in [-0.1, -0.05) is 36.4 Å². The topological polar surface area (TPSA) is 69.7 Å². The van der Waals surface area contributed by atoms with Crippen molar-refractivity contribution in [1.82, 2.24) is 10.3 Å². The Morgan fingerprint density at radius 1 is 0.889 bits per heavy atom. The second kappa shape index (κ2) is 10.2. The summed E-state index contributed by atoms with van der Waals surface area (Å²) in [5.74, 6) is 0.707. The highest BCUT2D eigenvalue weighted by atomic mass is 19.4. The normalized spacial score (nSPS) is 11.3. The molecular weight excluding hydrogens is 473 g/mol. The number of hydrogen-bond donors (Lipinski definition) is 1. The molecule has 6 nitrogen and oxygen atoms in total. The Morgan fingerprint density at radius 2 is 1.53 bits per heavy atom. The van der Waals surface area contributed by atoms with Gasteiger partial charge in [-0.25, -0.2) is 4.98 Å². The lowest BCUT2D eigenvalue weighted by molar-refractivity contribution is -0.138. The van der Waals surface area contributed by atoms with Gasteiger partial charge >= 0.3 is 6.18 Å². The maximum atomic E-state index is 13.4. The third-order valence-corrected chi connectivity index (χ3v) is 5.68. The summed E-state index contributed by atoms with van der Waals surface area (Å²) < 4.78 is 56.3. The predicted octanol–water partition coefficient (Wildman–Crippen LogP) is 5.88. The minimum Gasteiger partial charge on any atom is -0.493 e. The van der Waals surface area contributed by atoms with Crippen LogP contribution in [0.2, 0.25) is 0 Å². The van der Waals surface area contributed by atoms with Crippen LogP contribution in [-0.4, -0.2) is 32.2 Å². The van der Waals surface area contributed by atoms with Crippen LogP contribution in [0.3, 0.4) is 0 Å². The van der Waals surface area contributed by atoms with E-state index in [0.717, 1.165) is 6.07 Å². The molecule has 0 fully saturated rings. The molecule has 186 valence electrons. The number of para-hydroxylation sites is 1. The predicted molar refractivity (Wildman–Crippen MR) is 129 cm³/mol. The van der Waals surface area contributed by atoms with Crippen molar-refractivity contribution in [3.05, 3.63) is 83.4 Å². The van der Waals surface area contributed by atoms with Crippen molar-refractivity contribution in [3.63, 3.8) is 0 Å². The molecule has 0 saturated carbocycles. The number of halogens is 3. The quantitative estimate of drug-likeness (QED) is 0.346. The van der Waals surface area contributed by atoms with Crippen LogP contribution in [0.4, 0.5) is 13.2 Å². The van der Waals surface area contributed by atoms with E-state index >= 15 is 0 Å². The second-order valence-corrected chi connectivity index (χ2v) is 7.82. The van der Waals surface area contributed by atoms with Crippen LogP contribution in [0.15, 0.2) is 66.7 Å². The lowest BCUT2D eigenvalue weighted by Crippen LogP contribution is -2.25. The highest BCUT2D eigenvalue weighted by molar-refractivity contribution is 6.07. The summed E-state index contributed by atoms with van der Waals surface area (Å²) in [4.78, 5) is 17.9. The van der Waals surface area contributed by atoms with Crippen molar-refractivity contribution in [2.24, 2.45) is 0 Å². The van der Waals surface area contributed by atoms with Crippen molar-refractivity contribution in [2.75, 3.05) is 21.3 Å². The molecule has 1 amide bonds. The van der Waals surface area contributed by atoms with Gasteiger partial charge in [0, 0.05) is 17.5 Å². The van der Waals surface area contributed by atoms with Crippen LogP contribution in [0.5, 0.6) is 17.2 Å². The molecule has 4 rings (SSSR count). The Morgan fingerprint density at radius 3 is 2.17 bits per heavy atom. The van der Waals surface area contributed by atoms with E-state index in [1.165, 1.54) is 39.5 Å². The lowest BCUT2D eigenvalue weighted by Gasteiger charge is -2.16. The van der Waals surface area contributed by atoms with Gasteiger partial charge in [0.1, 0.15) is 0 Å². The summed E-state index contributed by atoms with van der Waals surface area (Å²) in [7, 11) is 4.48. The molecule has 0 aliphatic rings. The van der Waals surface area contributed by atoms with Gasteiger partial charge in [-0.15, -0.1) is 0 Å². The van der Waals surface area contributed by atoms with Crippen molar-refractivity contribution in [2.45, 2.75) is 12.7 Å². The first-order chi connectivity index (χ1) is 17.3. The van der Waals surface area contributed by atoms with E-state index in [1.807, 2.05) is 0 Å². The van der Waals surface area contributed by atoms with Gasteiger partial charge in [0.05, 0.1) is 43.7 Å². The van der Waals surface area contributed by atoms with Gasteiger partial charge in [-0.05, 0) is 35.9 Å². The van der Waals surface area contributed by atoms with E-state index in [-0.39, 0.29) is 17.7 Å². The van der Waals surface area contributed by atoms with E-state index in [4.69, 9.17) is 14.2 Å². The minimum absolute atomic E-state index is 0.0263. The van der Waals surface area contributed by atoms with Gasteiger partial charge in [0.2, 0.25) is 5.75 Å². The molecule has 0 bridgehead atoms. The highest BCUT2D eigenvalue weighted by Gasteiger charge is 2.33. The van der Waals surface area contributed by atoms with Crippen molar-refractivity contribution in [1.29, 1.82) is 0 Å². The van der Waals surface area contributed by atoms with E-state index in [0.29, 0.717) is 39.4 Å². The molecule has 1 aromatic heterocycles. The van der Waals surface area contributed by atoms with Crippen LogP contribution >= 0.6 is 0 Å². The SMILES string of the molecule is COc1cc(-c2cc(C(=O)NCc3ccccc3C(F)(F)F)c3ccccc3n2)cc(OC)c1OC. The van der Waals surface area contributed by atoms with Crippen LogP contribution in [0, 0.1) is 0 Å². The van der Waals surface area contributed by atoms with Crippen LogP contribution in [0.1, 0.15) is 21.5 Å². The molecule has 0 saturated heterocycles. The Labute approximate surface area is 205 Å². The fourth-order valence-electron chi connectivity index (χ4n) is 3.96. The maximum Gasteiger partial charge on any atom is 0.416 e.